The molecule has 0 saturated carbocycles. The average molecular weight is 274 g/mol. The lowest BCUT2D eigenvalue weighted by atomic mass is 10.3. The SMILES string of the molecule is Nc1nc2ccccc2n1COc1ccc(Cl)cc1. The van der Waals surface area contributed by atoms with Crippen LogP contribution in [0, 0.1) is 0 Å². The highest BCUT2D eigenvalue weighted by Crippen LogP contribution is 2.20. The zero-order valence-corrected chi connectivity index (χ0v) is 10.8. The molecule has 4 nitrogen and oxygen atoms in total. The predicted molar refractivity (Wildman–Crippen MR) is 76.2 cm³/mol. The molecule has 2 aromatic carbocycles. The maximum atomic E-state index is 5.89. The van der Waals surface area contributed by atoms with Crippen LogP contribution in [-0.4, -0.2) is 9.55 Å². The van der Waals surface area contributed by atoms with Crippen molar-refractivity contribution in [3.05, 3.63) is 53.6 Å². The number of halogens is 1. The Morgan fingerprint density at radius 3 is 2.63 bits per heavy atom. The molecule has 1 aromatic heterocycles. The van der Waals surface area contributed by atoms with E-state index in [1.807, 2.05) is 41.0 Å². The van der Waals surface area contributed by atoms with Crippen molar-refractivity contribution in [1.29, 1.82) is 0 Å². The molecule has 0 aliphatic carbocycles. The number of imidazole rings is 1. The number of anilines is 1. The highest BCUT2D eigenvalue weighted by molar-refractivity contribution is 6.30. The van der Waals surface area contributed by atoms with Crippen LogP contribution >= 0.6 is 11.6 Å². The van der Waals surface area contributed by atoms with Gasteiger partial charge >= 0.3 is 0 Å². The van der Waals surface area contributed by atoms with Crippen LogP contribution in [0.25, 0.3) is 11.0 Å². The summed E-state index contributed by atoms with van der Waals surface area (Å²) >= 11 is 5.82. The van der Waals surface area contributed by atoms with Gasteiger partial charge in [0.1, 0.15) is 5.75 Å². The van der Waals surface area contributed by atoms with Crippen molar-refractivity contribution in [3.8, 4) is 5.75 Å². The Bertz CT molecular complexity index is 706. The van der Waals surface area contributed by atoms with Crippen LogP contribution in [0.3, 0.4) is 0 Å². The molecule has 0 amide bonds. The van der Waals surface area contributed by atoms with E-state index in [0.717, 1.165) is 16.8 Å². The minimum Gasteiger partial charge on any atom is -0.473 e. The van der Waals surface area contributed by atoms with Crippen molar-refractivity contribution in [2.75, 3.05) is 5.73 Å². The van der Waals surface area contributed by atoms with Gasteiger partial charge in [-0.15, -0.1) is 0 Å². The first-order valence-electron chi connectivity index (χ1n) is 5.83. The van der Waals surface area contributed by atoms with Crippen molar-refractivity contribution in [2.45, 2.75) is 6.73 Å². The van der Waals surface area contributed by atoms with Crippen LogP contribution < -0.4 is 10.5 Å². The highest BCUT2D eigenvalue weighted by Gasteiger charge is 2.07. The van der Waals surface area contributed by atoms with Gasteiger partial charge in [-0.05, 0) is 36.4 Å². The van der Waals surface area contributed by atoms with Crippen LogP contribution in [0.4, 0.5) is 5.95 Å². The molecule has 3 rings (SSSR count). The molecule has 0 bridgehead atoms. The Morgan fingerprint density at radius 2 is 1.84 bits per heavy atom. The normalized spacial score (nSPS) is 10.8. The first-order chi connectivity index (χ1) is 9.24. The summed E-state index contributed by atoms with van der Waals surface area (Å²) in [5.41, 5.74) is 7.71. The van der Waals surface area contributed by atoms with Gasteiger partial charge in [-0.25, -0.2) is 4.98 Å². The van der Waals surface area contributed by atoms with Gasteiger partial charge in [0.15, 0.2) is 6.73 Å². The van der Waals surface area contributed by atoms with Crippen LogP contribution in [0.5, 0.6) is 5.75 Å². The van der Waals surface area contributed by atoms with Gasteiger partial charge in [-0.1, -0.05) is 23.7 Å². The molecule has 2 N–H and O–H groups in total. The fourth-order valence-corrected chi connectivity index (χ4v) is 2.03. The van der Waals surface area contributed by atoms with E-state index in [9.17, 15) is 0 Å². The fraction of sp³-hybridized carbons (Fsp3) is 0.0714. The van der Waals surface area contributed by atoms with E-state index in [1.54, 1.807) is 12.1 Å². The summed E-state index contributed by atoms with van der Waals surface area (Å²) in [7, 11) is 0. The van der Waals surface area contributed by atoms with E-state index in [0.29, 0.717) is 17.7 Å². The summed E-state index contributed by atoms with van der Waals surface area (Å²) < 4.78 is 7.50. The molecule has 96 valence electrons. The molecule has 19 heavy (non-hydrogen) atoms. The topological polar surface area (TPSA) is 53.1 Å². The molecule has 0 aliphatic heterocycles. The van der Waals surface area contributed by atoms with Crippen molar-refractivity contribution in [1.82, 2.24) is 9.55 Å². The summed E-state index contributed by atoms with van der Waals surface area (Å²) in [6, 6.07) is 15.0. The third-order valence-electron chi connectivity index (χ3n) is 2.86. The fourth-order valence-electron chi connectivity index (χ4n) is 1.90. The van der Waals surface area contributed by atoms with Gasteiger partial charge in [0, 0.05) is 5.02 Å². The summed E-state index contributed by atoms with van der Waals surface area (Å²) in [5, 5.41) is 0.681. The summed E-state index contributed by atoms with van der Waals surface area (Å²) in [4.78, 5) is 4.28. The van der Waals surface area contributed by atoms with Crippen molar-refractivity contribution in [2.24, 2.45) is 0 Å². The van der Waals surface area contributed by atoms with Crippen molar-refractivity contribution < 1.29 is 4.74 Å². The largest absolute Gasteiger partial charge is 0.473 e. The summed E-state index contributed by atoms with van der Waals surface area (Å²) in [6.45, 7) is 0.313. The molecule has 5 heteroatoms. The minimum absolute atomic E-state index is 0.313. The van der Waals surface area contributed by atoms with E-state index in [4.69, 9.17) is 22.1 Å². The summed E-state index contributed by atoms with van der Waals surface area (Å²) in [6.07, 6.45) is 0. The number of hydrogen-bond acceptors (Lipinski definition) is 3. The number of aromatic nitrogens is 2. The molecule has 0 saturated heterocycles. The van der Waals surface area contributed by atoms with E-state index in [1.165, 1.54) is 0 Å². The maximum Gasteiger partial charge on any atom is 0.203 e. The molecule has 0 fully saturated rings. The standard InChI is InChI=1S/C14H12ClN3O/c15-10-5-7-11(8-6-10)19-9-18-13-4-2-1-3-12(13)17-14(18)16/h1-8H,9H2,(H2,16,17). The number of benzene rings is 2. The quantitative estimate of drug-likeness (QED) is 0.796. The van der Waals surface area contributed by atoms with Gasteiger partial charge < -0.3 is 10.5 Å². The Balaban J connectivity index is 1.85. The van der Waals surface area contributed by atoms with Crippen LogP contribution in [-0.2, 0) is 6.73 Å². The Kier molecular flexibility index (Phi) is 3.01. The van der Waals surface area contributed by atoms with E-state index < -0.39 is 0 Å². The maximum absolute atomic E-state index is 5.89. The third kappa shape index (κ3) is 2.35. The number of ether oxygens (including phenoxy) is 1. The third-order valence-corrected chi connectivity index (χ3v) is 3.11. The number of nitrogen functional groups attached to an aromatic ring is 1. The number of nitrogens with two attached hydrogens (primary N) is 1. The second kappa shape index (κ2) is 4.82. The van der Waals surface area contributed by atoms with Gasteiger partial charge in [-0.3, -0.25) is 4.57 Å². The molecule has 0 aliphatic rings. The molecule has 1 heterocycles. The lowest BCUT2D eigenvalue weighted by molar-refractivity contribution is 0.243. The molecule has 3 aromatic rings. The molecule has 0 atom stereocenters. The van der Waals surface area contributed by atoms with E-state index in [-0.39, 0.29) is 0 Å². The molecular weight excluding hydrogens is 262 g/mol. The van der Waals surface area contributed by atoms with Gasteiger partial charge in [0.05, 0.1) is 11.0 Å². The Morgan fingerprint density at radius 1 is 1.11 bits per heavy atom. The minimum atomic E-state index is 0.313. The highest BCUT2D eigenvalue weighted by atomic mass is 35.5. The first-order valence-corrected chi connectivity index (χ1v) is 6.21. The number of nitrogens with zero attached hydrogens (tertiary/aromatic N) is 2. The Labute approximate surface area is 115 Å². The molecule has 0 radical (unpaired) electrons. The molecular formula is C14H12ClN3O. The number of hydrogen-bond donors (Lipinski definition) is 1. The van der Waals surface area contributed by atoms with Crippen LogP contribution in [0.1, 0.15) is 0 Å². The average Bonchev–Trinajstić information content (AvgIpc) is 2.74. The number of fused-ring (bicyclic) bond motifs is 1. The van der Waals surface area contributed by atoms with Gasteiger partial charge in [-0.2, -0.15) is 0 Å². The van der Waals surface area contributed by atoms with Crippen molar-refractivity contribution in [3.63, 3.8) is 0 Å². The molecule has 0 unspecified atom stereocenters. The number of para-hydroxylation sites is 2. The van der Waals surface area contributed by atoms with Gasteiger partial charge in [0.2, 0.25) is 5.95 Å². The van der Waals surface area contributed by atoms with E-state index in [2.05, 4.69) is 4.98 Å². The summed E-state index contributed by atoms with van der Waals surface area (Å²) in [5.74, 6) is 1.18. The van der Waals surface area contributed by atoms with Crippen LogP contribution in [0.15, 0.2) is 48.5 Å². The Hall–Kier alpha value is -2.20. The van der Waals surface area contributed by atoms with E-state index >= 15 is 0 Å². The monoisotopic (exact) mass is 273 g/mol. The second-order valence-corrected chi connectivity index (χ2v) is 4.55. The zero-order valence-electron chi connectivity index (χ0n) is 10.1. The lowest BCUT2D eigenvalue weighted by Gasteiger charge is -2.09. The molecule has 0 spiro atoms. The van der Waals surface area contributed by atoms with Crippen LogP contribution in [0.2, 0.25) is 5.02 Å². The number of rotatable bonds is 3. The zero-order chi connectivity index (χ0) is 13.2. The van der Waals surface area contributed by atoms with Gasteiger partial charge in [0.25, 0.3) is 0 Å². The smallest absolute Gasteiger partial charge is 0.203 e. The lowest BCUT2D eigenvalue weighted by Crippen LogP contribution is -2.08. The first kappa shape index (κ1) is 11.9. The predicted octanol–water partition coefficient (Wildman–Crippen LogP) is 3.31. The second-order valence-electron chi connectivity index (χ2n) is 4.11. The van der Waals surface area contributed by atoms with Crippen molar-refractivity contribution >= 4 is 28.6 Å².